The Labute approximate surface area is 87.6 Å². The molecule has 0 aliphatic rings. The summed E-state index contributed by atoms with van der Waals surface area (Å²) in [4.78, 5) is 23.8. The van der Waals surface area contributed by atoms with E-state index in [9.17, 15) is 19.1 Å². The Balaban J connectivity index is 2.53. The molecule has 6 nitrogen and oxygen atoms in total. The zero-order valence-corrected chi connectivity index (χ0v) is 7.94. The van der Waals surface area contributed by atoms with Crippen LogP contribution in [0.3, 0.4) is 0 Å². The van der Waals surface area contributed by atoms with E-state index in [2.05, 4.69) is 0 Å². The average molecular weight is 226 g/mol. The van der Waals surface area contributed by atoms with Crippen LogP contribution in [-0.4, -0.2) is 14.7 Å². The first kappa shape index (κ1) is 10.2. The minimum Gasteiger partial charge on any atom is -0.492 e. The molecule has 0 spiro atoms. The van der Waals surface area contributed by atoms with Crippen molar-refractivity contribution in [3.8, 4) is 5.88 Å². The van der Waals surface area contributed by atoms with Crippen LogP contribution in [-0.2, 0) is 6.54 Å². The van der Waals surface area contributed by atoms with E-state index in [1.165, 1.54) is 6.26 Å². The molecule has 2 aromatic rings. The molecule has 0 unspecified atom stereocenters. The highest BCUT2D eigenvalue weighted by Crippen LogP contribution is 2.10. The monoisotopic (exact) mass is 226 g/mol. The van der Waals surface area contributed by atoms with Crippen LogP contribution in [0.5, 0.6) is 5.88 Å². The van der Waals surface area contributed by atoms with Crippen molar-refractivity contribution >= 4 is 0 Å². The number of hydrogen-bond acceptors (Lipinski definition) is 4. The second kappa shape index (κ2) is 3.69. The molecule has 7 heteroatoms. The Hall–Kier alpha value is -2.31. The maximum atomic E-state index is 13.0. The van der Waals surface area contributed by atoms with Crippen molar-refractivity contribution in [2.45, 2.75) is 6.54 Å². The standard InChI is InChI=1S/C9H7FN2O4/c10-6-7(13)11-9(15)12(8(6)14)4-5-2-1-3-16-5/h1-3,14H,4H2,(H,11,13,15). The molecule has 0 saturated heterocycles. The molecule has 0 fully saturated rings. The number of aromatic amines is 1. The van der Waals surface area contributed by atoms with Crippen LogP contribution in [0.15, 0.2) is 32.4 Å². The molecule has 0 radical (unpaired) electrons. The molecule has 0 aliphatic carbocycles. The highest BCUT2D eigenvalue weighted by atomic mass is 19.1. The van der Waals surface area contributed by atoms with Crippen LogP contribution in [0.4, 0.5) is 4.39 Å². The molecule has 2 heterocycles. The number of halogens is 1. The summed E-state index contributed by atoms with van der Waals surface area (Å²) < 4.78 is 18.6. The van der Waals surface area contributed by atoms with Gasteiger partial charge in [0.15, 0.2) is 0 Å². The third kappa shape index (κ3) is 1.62. The fourth-order valence-electron chi connectivity index (χ4n) is 1.24. The molecule has 16 heavy (non-hydrogen) atoms. The van der Waals surface area contributed by atoms with E-state index in [-0.39, 0.29) is 6.54 Å². The van der Waals surface area contributed by atoms with Crippen molar-refractivity contribution in [1.82, 2.24) is 9.55 Å². The summed E-state index contributed by atoms with van der Waals surface area (Å²) in [6.07, 6.45) is 1.37. The minimum absolute atomic E-state index is 0.161. The number of rotatable bonds is 2. The molecule has 0 atom stereocenters. The summed E-state index contributed by atoms with van der Waals surface area (Å²) >= 11 is 0. The van der Waals surface area contributed by atoms with Gasteiger partial charge in [-0.05, 0) is 12.1 Å². The lowest BCUT2D eigenvalue weighted by molar-refractivity contribution is 0.357. The zero-order valence-electron chi connectivity index (χ0n) is 7.94. The molecular weight excluding hydrogens is 219 g/mol. The number of aromatic hydroxyl groups is 1. The second-order valence-corrected chi connectivity index (χ2v) is 3.06. The molecule has 0 saturated carbocycles. The summed E-state index contributed by atoms with van der Waals surface area (Å²) in [5, 5.41) is 9.28. The lowest BCUT2D eigenvalue weighted by Gasteiger charge is -2.05. The molecule has 2 rings (SSSR count). The van der Waals surface area contributed by atoms with Gasteiger partial charge in [0.2, 0.25) is 11.7 Å². The van der Waals surface area contributed by atoms with Gasteiger partial charge in [-0.15, -0.1) is 0 Å². The summed E-state index contributed by atoms with van der Waals surface area (Å²) in [7, 11) is 0. The van der Waals surface area contributed by atoms with Gasteiger partial charge in [0, 0.05) is 0 Å². The lowest BCUT2D eigenvalue weighted by atomic mass is 10.4. The lowest BCUT2D eigenvalue weighted by Crippen LogP contribution is -2.32. The van der Waals surface area contributed by atoms with Gasteiger partial charge in [-0.2, -0.15) is 4.39 Å². The SMILES string of the molecule is O=c1[nH]c(=O)n(Cc2ccco2)c(O)c1F. The van der Waals surface area contributed by atoms with Crippen molar-refractivity contribution in [2.75, 3.05) is 0 Å². The number of aromatic nitrogens is 2. The van der Waals surface area contributed by atoms with E-state index >= 15 is 0 Å². The first-order chi connectivity index (χ1) is 7.59. The molecule has 2 N–H and O–H groups in total. The fourth-order valence-corrected chi connectivity index (χ4v) is 1.24. The van der Waals surface area contributed by atoms with Gasteiger partial charge in [-0.1, -0.05) is 0 Å². The number of H-pyrrole nitrogens is 1. The number of hydrogen-bond donors (Lipinski definition) is 2. The van der Waals surface area contributed by atoms with Crippen LogP contribution in [0.2, 0.25) is 0 Å². The Morgan fingerprint density at radius 2 is 2.25 bits per heavy atom. The third-order valence-corrected chi connectivity index (χ3v) is 2.01. The van der Waals surface area contributed by atoms with E-state index < -0.39 is 22.9 Å². The van der Waals surface area contributed by atoms with Gasteiger partial charge in [0.25, 0.3) is 5.56 Å². The van der Waals surface area contributed by atoms with Crippen molar-refractivity contribution in [2.24, 2.45) is 0 Å². The topological polar surface area (TPSA) is 88.2 Å². The quantitative estimate of drug-likeness (QED) is 0.755. The van der Waals surface area contributed by atoms with Crippen LogP contribution >= 0.6 is 0 Å². The van der Waals surface area contributed by atoms with E-state index in [1.54, 1.807) is 17.1 Å². The van der Waals surface area contributed by atoms with Gasteiger partial charge in [0.05, 0.1) is 12.8 Å². The van der Waals surface area contributed by atoms with Crippen LogP contribution < -0.4 is 11.2 Å². The number of nitrogens with one attached hydrogen (secondary N) is 1. The Morgan fingerprint density at radius 3 is 2.88 bits per heavy atom. The van der Waals surface area contributed by atoms with Crippen molar-refractivity contribution in [3.05, 3.63) is 50.8 Å². The maximum Gasteiger partial charge on any atom is 0.331 e. The maximum absolute atomic E-state index is 13.0. The van der Waals surface area contributed by atoms with Crippen molar-refractivity contribution in [3.63, 3.8) is 0 Å². The van der Waals surface area contributed by atoms with Gasteiger partial charge in [0.1, 0.15) is 5.76 Å². The van der Waals surface area contributed by atoms with Gasteiger partial charge in [-0.3, -0.25) is 14.3 Å². The Kier molecular flexibility index (Phi) is 2.35. The first-order valence-electron chi connectivity index (χ1n) is 4.33. The predicted molar refractivity (Wildman–Crippen MR) is 50.8 cm³/mol. The molecule has 0 aromatic carbocycles. The third-order valence-electron chi connectivity index (χ3n) is 2.01. The molecule has 0 amide bonds. The molecule has 0 bridgehead atoms. The highest BCUT2D eigenvalue weighted by Gasteiger charge is 2.14. The Morgan fingerprint density at radius 1 is 1.50 bits per heavy atom. The minimum atomic E-state index is -1.40. The van der Waals surface area contributed by atoms with E-state index in [0.717, 1.165) is 0 Å². The van der Waals surface area contributed by atoms with Gasteiger partial charge in [-0.25, -0.2) is 4.79 Å². The molecular formula is C9H7FN2O4. The second-order valence-electron chi connectivity index (χ2n) is 3.06. The van der Waals surface area contributed by atoms with Crippen molar-refractivity contribution in [1.29, 1.82) is 0 Å². The molecule has 2 aromatic heterocycles. The van der Waals surface area contributed by atoms with Crippen molar-refractivity contribution < 1.29 is 13.9 Å². The molecule has 84 valence electrons. The van der Waals surface area contributed by atoms with Crippen LogP contribution in [0, 0.1) is 5.82 Å². The zero-order chi connectivity index (χ0) is 11.7. The summed E-state index contributed by atoms with van der Waals surface area (Å²) in [6.45, 7) is -0.161. The van der Waals surface area contributed by atoms with Gasteiger partial charge < -0.3 is 9.52 Å². The summed E-state index contributed by atoms with van der Waals surface area (Å²) in [5.41, 5.74) is -2.15. The Bertz CT molecular complexity index is 611. The van der Waals surface area contributed by atoms with Crippen LogP contribution in [0.1, 0.15) is 5.76 Å². The van der Waals surface area contributed by atoms with Gasteiger partial charge >= 0.3 is 5.69 Å². The van der Waals surface area contributed by atoms with Crippen LogP contribution in [0.25, 0.3) is 0 Å². The average Bonchev–Trinajstić information content (AvgIpc) is 2.74. The normalized spacial score (nSPS) is 10.6. The number of furan rings is 1. The smallest absolute Gasteiger partial charge is 0.331 e. The van der Waals surface area contributed by atoms with E-state index in [0.29, 0.717) is 10.3 Å². The fraction of sp³-hybridized carbons (Fsp3) is 0.111. The first-order valence-corrected chi connectivity index (χ1v) is 4.33. The number of nitrogens with zero attached hydrogens (tertiary/aromatic N) is 1. The van der Waals surface area contributed by atoms with E-state index in [4.69, 9.17) is 4.42 Å². The largest absolute Gasteiger partial charge is 0.492 e. The highest BCUT2D eigenvalue weighted by molar-refractivity contribution is 5.12. The summed E-state index contributed by atoms with van der Waals surface area (Å²) in [5.74, 6) is -2.06. The molecule has 0 aliphatic heterocycles. The van der Waals surface area contributed by atoms with E-state index in [1.807, 2.05) is 0 Å². The predicted octanol–water partition coefficient (Wildman–Crippen LogP) is 0.0226. The summed E-state index contributed by atoms with van der Waals surface area (Å²) in [6, 6.07) is 3.13.